The lowest BCUT2D eigenvalue weighted by Crippen LogP contribution is -2.30. The first-order valence-electron chi connectivity index (χ1n) is 13.3. The molecule has 10 heteroatoms. The van der Waals surface area contributed by atoms with Crippen LogP contribution in [-0.4, -0.2) is 17.7 Å². The van der Waals surface area contributed by atoms with Crippen molar-refractivity contribution >= 4 is 74.2 Å². The van der Waals surface area contributed by atoms with E-state index in [1.807, 2.05) is 53.2 Å². The minimum absolute atomic E-state index is 0.0865. The maximum absolute atomic E-state index is 14.5. The zero-order chi connectivity index (χ0) is 30.9. The van der Waals surface area contributed by atoms with E-state index in [2.05, 4.69) is 31.9 Å². The molecule has 0 saturated heterocycles. The fraction of sp³-hybridized carbons (Fsp3) is 0.0294. The van der Waals surface area contributed by atoms with Gasteiger partial charge in [0.05, 0.1) is 5.69 Å². The predicted molar refractivity (Wildman–Crippen MR) is 179 cm³/mol. The molecule has 0 aliphatic carbocycles. The largest absolute Gasteiger partial charge is 0.322 e. The van der Waals surface area contributed by atoms with Crippen LogP contribution in [0.5, 0.6) is 0 Å². The van der Waals surface area contributed by atoms with Crippen molar-refractivity contribution in [3.05, 3.63) is 153 Å². The number of benzene rings is 4. The van der Waals surface area contributed by atoms with Gasteiger partial charge in [-0.1, -0.05) is 64.5 Å². The molecule has 5 rings (SSSR count). The van der Waals surface area contributed by atoms with Gasteiger partial charge in [0, 0.05) is 20.6 Å². The van der Waals surface area contributed by atoms with Crippen LogP contribution in [0.1, 0.15) is 26.7 Å². The molecule has 3 amide bonds. The summed E-state index contributed by atoms with van der Waals surface area (Å²) in [6.07, 6.45) is 1.62. The van der Waals surface area contributed by atoms with Crippen molar-refractivity contribution in [2.45, 2.75) is 10.1 Å². The molecule has 1 atom stereocenters. The number of thiophene rings is 1. The van der Waals surface area contributed by atoms with Gasteiger partial charge >= 0.3 is 0 Å². The highest BCUT2D eigenvalue weighted by molar-refractivity contribution is 9.10. The molecule has 0 radical (unpaired) electrons. The average Bonchev–Trinajstić information content (AvgIpc) is 3.55. The topological polar surface area (TPSA) is 87.3 Å². The molecule has 44 heavy (non-hydrogen) atoms. The van der Waals surface area contributed by atoms with Crippen LogP contribution >= 0.6 is 39.0 Å². The van der Waals surface area contributed by atoms with Crippen LogP contribution < -0.4 is 16.0 Å². The predicted octanol–water partition coefficient (Wildman–Crippen LogP) is 8.53. The van der Waals surface area contributed by atoms with Crippen LogP contribution in [0.4, 0.5) is 15.8 Å². The third kappa shape index (κ3) is 8.31. The number of hydrogen-bond donors (Lipinski definition) is 3. The summed E-state index contributed by atoms with van der Waals surface area (Å²) in [7, 11) is 0. The molecule has 0 saturated carbocycles. The van der Waals surface area contributed by atoms with E-state index in [9.17, 15) is 18.8 Å². The summed E-state index contributed by atoms with van der Waals surface area (Å²) in [5.74, 6) is -1.81. The normalized spacial score (nSPS) is 11.8. The Balaban J connectivity index is 1.31. The van der Waals surface area contributed by atoms with Crippen molar-refractivity contribution in [2.24, 2.45) is 0 Å². The van der Waals surface area contributed by atoms with Crippen molar-refractivity contribution in [3.8, 4) is 0 Å². The van der Waals surface area contributed by atoms with Gasteiger partial charge in [-0.2, -0.15) is 11.3 Å². The van der Waals surface area contributed by atoms with E-state index >= 15 is 0 Å². The molecule has 1 aromatic heterocycles. The van der Waals surface area contributed by atoms with Crippen LogP contribution in [-0.2, 0) is 9.59 Å². The number of rotatable bonds is 10. The molecule has 220 valence electrons. The van der Waals surface area contributed by atoms with Crippen molar-refractivity contribution < 1.29 is 18.8 Å². The molecule has 3 N–H and O–H groups in total. The van der Waals surface area contributed by atoms with Crippen molar-refractivity contribution in [1.82, 2.24) is 5.32 Å². The van der Waals surface area contributed by atoms with Crippen molar-refractivity contribution in [3.63, 3.8) is 0 Å². The monoisotopic (exact) mass is 685 g/mol. The highest BCUT2D eigenvalue weighted by Gasteiger charge is 2.23. The first kappa shape index (κ1) is 30.9. The Hall–Kier alpha value is -4.51. The van der Waals surface area contributed by atoms with E-state index in [1.165, 1.54) is 35.2 Å². The Morgan fingerprint density at radius 1 is 0.841 bits per heavy atom. The standard InChI is InChI=1S/C34H25BrFN3O3S2/c35-25-11-16-29(28(36)20-25)38-34(42)31(23-7-3-1-4-8-23)44-27-14-12-26(13-15-27)37-33(41)30(19-22-17-18-43-21-22)39-32(40)24-9-5-2-6-10-24/h1-21,31H,(H,37,41)(H,38,42)(H,39,40)/b30-19-. The molecule has 0 aliphatic heterocycles. The Morgan fingerprint density at radius 3 is 2.20 bits per heavy atom. The first-order valence-corrected chi connectivity index (χ1v) is 16.0. The Labute approximate surface area is 270 Å². The van der Waals surface area contributed by atoms with E-state index in [1.54, 1.807) is 60.7 Å². The maximum Gasteiger partial charge on any atom is 0.272 e. The van der Waals surface area contributed by atoms with Crippen LogP contribution in [0.25, 0.3) is 6.08 Å². The Bertz CT molecular complexity index is 1780. The van der Waals surface area contributed by atoms with Crippen molar-refractivity contribution in [1.29, 1.82) is 0 Å². The van der Waals surface area contributed by atoms with Gasteiger partial charge in [0.15, 0.2) is 0 Å². The second-order valence-electron chi connectivity index (χ2n) is 9.44. The smallest absolute Gasteiger partial charge is 0.272 e. The Kier molecular flexibility index (Phi) is 10.4. The molecule has 0 aliphatic rings. The fourth-order valence-corrected chi connectivity index (χ4v) is 6.08. The fourth-order valence-electron chi connectivity index (χ4n) is 4.11. The molecule has 0 bridgehead atoms. The summed E-state index contributed by atoms with van der Waals surface area (Å²) in [6, 6.07) is 31.2. The number of carbonyl (C=O) groups excluding carboxylic acids is 3. The number of halogens is 2. The number of thioether (sulfide) groups is 1. The molecular weight excluding hydrogens is 661 g/mol. The third-order valence-electron chi connectivity index (χ3n) is 6.28. The number of anilines is 2. The van der Waals surface area contributed by atoms with E-state index in [4.69, 9.17) is 0 Å². The quantitative estimate of drug-likeness (QED) is 0.102. The van der Waals surface area contributed by atoms with Gasteiger partial charge in [0.1, 0.15) is 16.8 Å². The first-order chi connectivity index (χ1) is 21.4. The lowest BCUT2D eigenvalue weighted by Gasteiger charge is -2.18. The van der Waals surface area contributed by atoms with Gasteiger partial charge in [-0.05, 0) is 88.6 Å². The molecule has 1 unspecified atom stereocenters. The number of hydrogen-bond acceptors (Lipinski definition) is 5. The average molecular weight is 687 g/mol. The zero-order valence-corrected chi connectivity index (χ0v) is 26.2. The van der Waals surface area contributed by atoms with Gasteiger partial charge in [-0.25, -0.2) is 4.39 Å². The summed E-state index contributed by atoms with van der Waals surface area (Å²) in [6.45, 7) is 0. The van der Waals surface area contributed by atoms with E-state index in [0.29, 0.717) is 15.7 Å². The van der Waals surface area contributed by atoms with Gasteiger partial charge in [0.2, 0.25) is 5.91 Å². The lowest BCUT2D eigenvalue weighted by molar-refractivity contribution is -0.116. The SMILES string of the molecule is O=C(Nc1ccc(SC(C(=O)Nc2ccc(Br)cc2F)c2ccccc2)cc1)/C(=C/c1ccsc1)NC(=O)c1ccccc1. The maximum atomic E-state index is 14.5. The van der Waals surface area contributed by atoms with Crippen LogP contribution in [0, 0.1) is 5.82 Å². The Morgan fingerprint density at radius 2 is 1.55 bits per heavy atom. The van der Waals surface area contributed by atoms with Gasteiger partial charge < -0.3 is 16.0 Å². The molecule has 4 aromatic carbocycles. The zero-order valence-electron chi connectivity index (χ0n) is 23.0. The van der Waals surface area contributed by atoms with E-state index < -0.39 is 22.9 Å². The van der Waals surface area contributed by atoms with Gasteiger partial charge in [-0.3, -0.25) is 14.4 Å². The summed E-state index contributed by atoms with van der Waals surface area (Å²) >= 11 is 6.01. The van der Waals surface area contributed by atoms with Crippen molar-refractivity contribution in [2.75, 3.05) is 10.6 Å². The molecule has 5 aromatic rings. The molecule has 6 nitrogen and oxygen atoms in total. The van der Waals surface area contributed by atoms with E-state index in [0.717, 1.165) is 16.0 Å². The lowest BCUT2D eigenvalue weighted by atomic mass is 10.1. The van der Waals surface area contributed by atoms with Crippen LogP contribution in [0.2, 0.25) is 0 Å². The van der Waals surface area contributed by atoms with E-state index in [-0.39, 0.29) is 17.3 Å². The summed E-state index contributed by atoms with van der Waals surface area (Å²) in [4.78, 5) is 40.2. The number of nitrogens with one attached hydrogen (secondary N) is 3. The molecule has 0 spiro atoms. The highest BCUT2D eigenvalue weighted by Crippen LogP contribution is 2.37. The minimum Gasteiger partial charge on any atom is -0.322 e. The van der Waals surface area contributed by atoms with Gasteiger partial charge in [0.25, 0.3) is 11.8 Å². The summed E-state index contributed by atoms with van der Waals surface area (Å²) < 4.78 is 15.0. The molecule has 0 fully saturated rings. The second-order valence-corrected chi connectivity index (χ2v) is 12.3. The van der Waals surface area contributed by atoms with Crippen LogP contribution in [0.15, 0.2) is 135 Å². The minimum atomic E-state index is -0.673. The molecular formula is C34H25BrFN3O3S2. The third-order valence-corrected chi connectivity index (χ3v) is 8.74. The molecule has 1 heterocycles. The van der Waals surface area contributed by atoms with Crippen LogP contribution in [0.3, 0.4) is 0 Å². The van der Waals surface area contributed by atoms with Gasteiger partial charge in [-0.15, -0.1) is 11.8 Å². The number of amides is 3. The number of carbonyl (C=O) groups is 3. The summed E-state index contributed by atoms with van der Waals surface area (Å²) in [5.41, 5.74) is 2.65. The highest BCUT2D eigenvalue weighted by atomic mass is 79.9. The summed E-state index contributed by atoms with van der Waals surface area (Å²) in [5, 5.41) is 11.3. The second kappa shape index (κ2) is 14.8.